The number of hydrogen-bond acceptors (Lipinski definition) is 7. The summed E-state index contributed by atoms with van der Waals surface area (Å²) in [5.41, 5.74) is 6.89. The highest BCUT2D eigenvalue weighted by Gasteiger charge is 2.18. The number of pyridine rings is 1. The van der Waals surface area contributed by atoms with E-state index in [9.17, 15) is 14.7 Å². The van der Waals surface area contributed by atoms with Gasteiger partial charge in [-0.25, -0.2) is 9.78 Å². The van der Waals surface area contributed by atoms with Crippen LogP contribution < -0.4 is 11.1 Å². The van der Waals surface area contributed by atoms with Crippen LogP contribution in [0.5, 0.6) is 5.75 Å². The Morgan fingerprint density at radius 3 is 2.59 bits per heavy atom. The summed E-state index contributed by atoms with van der Waals surface area (Å²) in [6.07, 6.45) is 2.34. The van der Waals surface area contributed by atoms with Gasteiger partial charge in [-0.05, 0) is 18.2 Å². The zero-order chi connectivity index (χ0) is 19.8. The van der Waals surface area contributed by atoms with Gasteiger partial charge >= 0.3 is 5.97 Å². The Balaban J connectivity index is 2.13. The van der Waals surface area contributed by atoms with Crippen molar-refractivity contribution in [1.29, 1.82) is 0 Å². The van der Waals surface area contributed by atoms with Crippen molar-refractivity contribution in [3.63, 3.8) is 0 Å². The number of carboxylic acids is 1. The van der Waals surface area contributed by atoms with Gasteiger partial charge in [-0.1, -0.05) is 18.2 Å². The predicted molar refractivity (Wildman–Crippen MR) is 98.6 cm³/mol. The van der Waals surface area contributed by atoms with Crippen LogP contribution in [0.1, 0.15) is 16.1 Å². The van der Waals surface area contributed by atoms with E-state index in [1.807, 2.05) is 18.2 Å². The van der Waals surface area contributed by atoms with Gasteiger partial charge in [0, 0.05) is 29.7 Å². The van der Waals surface area contributed by atoms with Gasteiger partial charge in [-0.15, -0.1) is 0 Å². The number of aliphatic hydroxyl groups excluding tert-OH is 1. The number of aromatic hydroxyl groups is 1. The average molecular weight is 370 g/mol. The van der Waals surface area contributed by atoms with Crippen LogP contribution in [0.4, 0.5) is 5.69 Å². The van der Waals surface area contributed by atoms with Crippen molar-refractivity contribution < 1.29 is 24.9 Å². The zero-order valence-corrected chi connectivity index (χ0v) is 14.1. The Morgan fingerprint density at radius 1 is 1.30 bits per heavy atom. The highest BCUT2D eigenvalue weighted by Crippen LogP contribution is 2.21. The number of para-hydroxylation sites is 1. The number of carbonyl (C=O) groups excluding carboxylic acids is 1. The summed E-state index contributed by atoms with van der Waals surface area (Å²) < 4.78 is 0. The van der Waals surface area contributed by atoms with Crippen molar-refractivity contribution in [2.75, 3.05) is 6.54 Å². The number of hydrogen-bond donors (Lipinski definition) is 5. The molecule has 0 bridgehead atoms. The molecule has 0 aliphatic heterocycles. The molecular formula is C18H18N4O5. The molecule has 27 heavy (non-hydrogen) atoms. The Hall–Kier alpha value is -3.72. The summed E-state index contributed by atoms with van der Waals surface area (Å²) in [5, 5.41) is 30.0. The number of rotatable bonds is 7. The first-order chi connectivity index (χ1) is 12.9. The van der Waals surface area contributed by atoms with Gasteiger partial charge in [-0.3, -0.25) is 9.79 Å². The van der Waals surface area contributed by atoms with Crippen molar-refractivity contribution in [1.82, 2.24) is 10.3 Å². The number of aromatic nitrogens is 1. The van der Waals surface area contributed by atoms with Gasteiger partial charge in [0.15, 0.2) is 11.8 Å². The summed E-state index contributed by atoms with van der Waals surface area (Å²) in [5.74, 6) is -2.73. The van der Waals surface area contributed by atoms with E-state index < -0.39 is 30.3 Å². The van der Waals surface area contributed by atoms with Gasteiger partial charge in [0.2, 0.25) is 0 Å². The lowest BCUT2D eigenvalue weighted by Gasteiger charge is -2.09. The molecular weight excluding hydrogens is 352 g/mol. The maximum atomic E-state index is 12.0. The normalized spacial score (nSPS) is 12.7. The first-order valence-corrected chi connectivity index (χ1v) is 7.82. The number of carboxylic acid groups (broad SMARTS) is 1. The highest BCUT2D eigenvalue weighted by atomic mass is 16.4. The molecule has 9 heteroatoms. The molecule has 0 saturated carbocycles. The Kier molecular flexibility index (Phi) is 6.61. The molecule has 0 aliphatic carbocycles. The van der Waals surface area contributed by atoms with Crippen LogP contribution in [0.2, 0.25) is 0 Å². The summed E-state index contributed by atoms with van der Waals surface area (Å²) in [6.45, 7) is -0.519. The van der Waals surface area contributed by atoms with Crippen LogP contribution in [0.25, 0.3) is 5.57 Å². The van der Waals surface area contributed by atoms with E-state index in [4.69, 9.17) is 15.9 Å². The minimum absolute atomic E-state index is 0.312. The molecule has 0 aliphatic rings. The molecule has 140 valence electrons. The number of nitrogens with zero attached hydrogens (tertiary/aromatic N) is 2. The monoisotopic (exact) mass is 370 g/mol. The number of aliphatic carboxylic acids is 1. The molecule has 0 fully saturated rings. The van der Waals surface area contributed by atoms with E-state index in [2.05, 4.69) is 15.3 Å². The first-order valence-electron chi connectivity index (χ1n) is 7.82. The van der Waals surface area contributed by atoms with Gasteiger partial charge in [0.25, 0.3) is 5.91 Å². The van der Waals surface area contributed by atoms with Gasteiger partial charge < -0.3 is 26.4 Å². The second-order valence-electron chi connectivity index (χ2n) is 5.37. The smallest absolute Gasteiger partial charge is 0.334 e. The fourth-order valence-electron chi connectivity index (χ4n) is 2.02. The van der Waals surface area contributed by atoms with Crippen LogP contribution in [0.3, 0.4) is 0 Å². The number of carbonyl (C=O) groups is 2. The molecule has 0 saturated heterocycles. The molecule has 6 N–H and O–H groups in total. The minimum Gasteiger partial charge on any atom is -0.505 e. The second kappa shape index (κ2) is 9.11. The SMILES string of the molecule is N/C=C(\C=Nc1ccccc1)c1cnc(C(=O)NC[C@@H](O)C(=O)O)c(O)c1. The number of benzene rings is 1. The van der Waals surface area contributed by atoms with Gasteiger partial charge in [-0.2, -0.15) is 0 Å². The van der Waals surface area contributed by atoms with Gasteiger partial charge in [0.05, 0.1) is 12.2 Å². The van der Waals surface area contributed by atoms with Crippen LogP contribution in [0, 0.1) is 0 Å². The lowest BCUT2D eigenvalue weighted by Crippen LogP contribution is -2.36. The number of nitrogens with two attached hydrogens (primary N) is 1. The van der Waals surface area contributed by atoms with E-state index in [0.717, 1.165) is 0 Å². The molecule has 1 heterocycles. The summed E-state index contributed by atoms with van der Waals surface area (Å²) in [7, 11) is 0. The van der Waals surface area contributed by atoms with Gasteiger partial charge in [0.1, 0.15) is 5.75 Å². The van der Waals surface area contributed by atoms with E-state index in [1.54, 1.807) is 12.1 Å². The molecule has 1 amide bonds. The average Bonchev–Trinajstić information content (AvgIpc) is 2.67. The summed E-state index contributed by atoms with van der Waals surface area (Å²) in [6, 6.07) is 10.4. The Labute approximate surface area is 154 Å². The molecule has 1 aromatic carbocycles. The standard InChI is InChI=1S/C18H18N4O5/c19-7-12(9-20-13-4-2-1-3-5-13)11-6-14(23)16(21-8-11)17(25)22-10-15(24)18(26)27/h1-9,15,23-24H,10,19H2,(H,22,25)(H,26,27)/b12-7+,20-9?/t15-/m1/s1. The Bertz CT molecular complexity index is 881. The van der Waals surface area contributed by atoms with E-state index in [-0.39, 0.29) is 5.69 Å². The third-order valence-electron chi connectivity index (χ3n) is 3.45. The van der Waals surface area contributed by atoms with Crippen molar-refractivity contribution in [2.24, 2.45) is 10.7 Å². The minimum atomic E-state index is -1.75. The molecule has 1 atom stereocenters. The number of amides is 1. The number of nitrogens with one attached hydrogen (secondary N) is 1. The molecule has 0 radical (unpaired) electrons. The van der Waals surface area contributed by atoms with Crippen molar-refractivity contribution in [2.45, 2.75) is 6.10 Å². The molecule has 2 rings (SSSR count). The lowest BCUT2D eigenvalue weighted by atomic mass is 10.1. The first kappa shape index (κ1) is 19.6. The lowest BCUT2D eigenvalue weighted by molar-refractivity contribution is -0.146. The topological polar surface area (TPSA) is 158 Å². The van der Waals surface area contributed by atoms with Crippen LogP contribution in [0.15, 0.2) is 53.8 Å². The maximum Gasteiger partial charge on any atom is 0.334 e. The largest absolute Gasteiger partial charge is 0.505 e. The molecule has 0 unspecified atom stereocenters. The third-order valence-corrected chi connectivity index (χ3v) is 3.45. The number of aliphatic imine (C=N–C) groups is 1. The quantitative estimate of drug-likeness (QED) is 0.448. The number of allylic oxidation sites excluding steroid dienone is 1. The predicted octanol–water partition coefficient (Wildman–Crippen LogP) is 0.665. The second-order valence-corrected chi connectivity index (χ2v) is 5.37. The van der Waals surface area contributed by atoms with Crippen molar-refractivity contribution >= 4 is 29.4 Å². The Morgan fingerprint density at radius 2 is 2.00 bits per heavy atom. The summed E-state index contributed by atoms with van der Waals surface area (Å²) in [4.78, 5) is 30.6. The van der Waals surface area contributed by atoms with Crippen LogP contribution >= 0.6 is 0 Å². The molecule has 1 aromatic heterocycles. The van der Waals surface area contributed by atoms with Crippen molar-refractivity contribution in [3.8, 4) is 5.75 Å². The number of aliphatic hydroxyl groups is 1. The maximum absolute atomic E-state index is 12.0. The molecule has 9 nitrogen and oxygen atoms in total. The highest BCUT2D eigenvalue weighted by molar-refractivity contribution is 6.10. The zero-order valence-electron chi connectivity index (χ0n) is 14.1. The van der Waals surface area contributed by atoms with Crippen LogP contribution in [-0.2, 0) is 4.79 Å². The fourth-order valence-corrected chi connectivity index (χ4v) is 2.02. The third kappa shape index (κ3) is 5.38. The van der Waals surface area contributed by atoms with E-state index in [1.165, 1.54) is 24.7 Å². The molecule has 0 spiro atoms. The van der Waals surface area contributed by atoms with Crippen molar-refractivity contribution in [3.05, 3.63) is 60.1 Å². The van der Waals surface area contributed by atoms with Crippen LogP contribution in [-0.4, -0.2) is 51.0 Å². The fraction of sp³-hybridized carbons (Fsp3) is 0.111. The molecule has 2 aromatic rings. The summed E-state index contributed by atoms with van der Waals surface area (Å²) >= 11 is 0. The van der Waals surface area contributed by atoms with E-state index >= 15 is 0 Å². The van der Waals surface area contributed by atoms with E-state index in [0.29, 0.717) is 16.8 Å².